The summed E-state index contributed by atoms with van der Waals surface area (Å²) in [5.74, 6) is -0.256. The van der Waals surface area contributed by atoms with E-state index in [1.54, 1.807) is 25.1 Å². The van der Waals surface area contributed by atoms with E-state index in [0.717, 1.165) is 19.3 Å². The molecule has 3 N–H and O–H groups in total. The number of amides is 2. The number of rotatable bonds is 6. The average Bonchev–Trinajstić information content (AvgIpc) is 3.08. The van der Waals surface area contributed by atoms with E-state index in [2.05, 4.69) is 22.5 Å². The molecule has 0 saturated heterocycles. The van der Waals surface area contributed by atoms with Crippen LogP contribution in [0.2, 0.25) is 0 Å². The third-order valence-corrected chi connectivity index (χ3v) is 7.44. The maximum absolute atomic E-state index is 12.4. The van der Waals surface area contributed by atoms with Gasteiger partial charge in [0.25, 0.3) is 11.8 Å². The molecule has 1 aromatic carbocycles. The number of aryl methyl sites for hydroxylation is 1. The van der Waals surface area contributed by atoms with Gasteiger partial charge in [-0.25, -0.2) is 8.42 Å². The van der Waals surface area contributed by atoms with Crippen LogP contribution in [0.5, 0.6) is 0 Å². The Morgan fingerprint density at radius 2 is 1.93 bits per heavy atom. The highest BCUT2D eigenvalue weighted by atomic mass is 32.2. The second-order valence-corrected chi connectivity index (χ2v) is 10.3. The minimum Gasteiger partial charge on any atom is -0.284 e. The number of thiophene rings is 1. The average molecular weight is 436 g/mol. The Labute approximate surface area is 174 Å². The third kappa shape index (κ3) is 5.57. The molecular weight excluding hydrogens is 410 g/mol. The van der Waals surface area contributed by atoms with Crippen LogP contribution in [-0.2, 0) is 22.9 Å². The van der Waals surface area contributed by atoms with Crippen LogP contribution in [0.3, 0.4) is 0 Å². The maximum atomic E-state index is 12.4. The molecule has 0 fully saturated rings. The summed E-state index contributed by atoms with van der Waals surface area (Å²) in [5, 5.41) is 0. The number of carbonyl (C=O) groups excluding carboxylic acids is 2. The molecule has 29 heavy (non-hydrogen) atoms. The number of hydrogen-bond acceptors (Lipinski definition) is 5. The predicted molar refractivity (Wildman–Crippen MR) is 115 cm³/mol. The normalized spacial score (nSPS) is 16.0. The molecule has 0 saturated carbocycles. The Balaban J connectivity index is 1.61. The zero-order valence-corrected chi connectivity index (χ0v) is 18.1. The van der Waals surface area contributed by atoms with Gasteiger partial charge in [0, 0.05) is 16.1 Å². The standard InChI is InChI=1S/C20H25N3O4S2/c1-3-9-29(26,27)23-16-6-4-5-14(11-16)19(24)21-22-20(25)18-12-15-10-13(2)7-8-17(15)28-18/h4-6,11-13,23H,3,7-10H2,1-2H3,(H,21,24)(H,22,25). The number of sulfonamides is 1. The first-order valence-corrected chi connectivity index (χ1v) is 12.1. The molecule has 7 nitrogen and oxygen atoms in total. The Hall–Kier alpha value is -2.39. The fourth-order valence-corrected chi connectivity index (χ4v) is 5.52. The minimum absolute atomic E-state index is 0.00303. The number of hydrazine groups is 1. The molecule has 9 heteroatoms. The smallest absolute Gasteiger partial charge is 0.279 e. The first-order valence-electron chi connectivity index (χ1n) is 9.60. The van der Waals surface area contributed by atoms with E-state index in [1.165, 1.54) is 27.8 Å². The zero-order chi connectivity index (χ0) is 21.0. The lowest BCUT2D eigenvalue weighted by molar-refractivity contribution is 0.0849. The van der Waals surface area contributed by atoms with Crippen molar-refractivity contribution in [1.29, 1.82) is 0 Å². The van der Waals surface area contributed by atoms with Crippen LogP contribution in [0.4, 0.5) is 5.69 Å². The van der Waals surface area contributed by atoms with E-state index >= 15 is 0 Å². The molecule has 156 valence electrons. The molecule has 1 heterocycles. The molecule has 2 amide bonds. The zero-order valence-electron chi connectivity index (χ0n) is 16.4. The molecule has 3 rings (SSSR count). The van der Waals surface area contributed by atoms with E-state index in [0.29, 0.717) is 22.9 Å². The largest absolute Gasteiger partial charge is 0.284 e. The number of anilines is 1. The number of carbonyl (C=O) groups is 2. The van der Waals surface area contributed by atoms with Crippen molar-refractivity contribution in [3.8, 4) is 0 Å². The minimum atomic E-state index is -3.44. The van der Waals surface area contributed by atoms with Crippen LogP contribution in [0, 0.1) is 5.92 Å². The van der Waals surface area contributed by atoms with Gasteiger partial charge in [0.1, 0.15) is 0 Å². The van der Waals surface area contributed by atoms with Crippen molar-refractivity contribution in [2.75, 3.05) is 10.5 Å². The van der Waals surface area contributed by atoms with Crippen LogP contribution >= 0.6 is 11.3 Å². The number of benzene rings is 1. The second-order valence-electron chi connectivity index (χ2n) is 7.32. The lowest BCUT2D eigenvalue weighted by Crippen LogP contribution is -2.41. The molecule has 0 bridgehead atoms. The van der Waals surface area contributed by atoms with Crippen molar-refractivity contribution in [2.24, 2.45) is 5.92 Å². The molecular formula is C20H25N3O4S2. The van der Waals surface area contributed by atoms with Crippen LogP contribution in [0.25, 0.3) is 0 Å². The Morgan fingerprint density at radius 3 is 2.69 bits per heavy atom. The number of nitrogens with one attached hydrogen (secondary N) is 3. The van der Waals surface area contributed by atoms with Gasteiger partial charge in [-0.1, -0.05) is 19.9 Å². The van der Waals surface area contributed by atoms with Crippen molar-refractivity contribution in [3.05, 3.63) is 51.2 Å². The molecule has 1 aliphatic carbocycles. The third-order valence-electron chi connectivity index (χ3n) is 4.71. The van der Waals surface area contributed by atoms with Crippen LogP contribution < -0.4 is 15.6 Å². The highest BCUT2D eigenvalue weighted by Crippen LogP contribution is 2.32. The van der Waals surface area contributed by atoms with Gasteiger partial charge in [-0.15, -0.1) is 11.3 Å². The van der Waals surface area contributed by atoms with Crippen LogP contribution in [-0.4, -0.2) is 26.0 Å². The van der Waals surface area contributed by atoms with Crippen LogP contribution in [0.1, 0.15) is 57.2 Å². The van der Waals surface area contributed by atoms with Gasteiger partial charge >= 0.3 is 0 Å². The second kappa shape index (κ2) is 8.96. The number of fused-ring (bicyclic) bond motifs is 1. The first-order chi connectivity index (χ1) is 13.8. The van der Waals surface area contributed by atoms with Crippen molar-refractivity contribution >= 4 is 38.9 Å². The molecule has 0 radical (unpaired) electrons. The highest BCUT2D eigenvalue weighted by molar-refractivity contribution is 7.92. The summed E-state index contributed by atoms with van der Waals surface area (Å²) < 4.78 is 26.2. The van der Waals surface area contributed by atoms with Gasteiger partial charge in [0.2, 0.25) is 10.0 Å². The van der Waals surface area contributed by atoms with Gasteiger partial charge in [-0.2, -0.15) is 0 Å². The molecule has 0 spiro atoms. The van der Waals surface area contributed by atoms with E-state index in [9.17, 15) is 18.0 Å². The first kappa shape index (κ1) is 21.3. The summed E-state index contributed by atoms with van der Waals surface area (Å²) in [6.07, 6.45) is 3.59. The predicted octanol–water partition coefficient (Wildman–Crippen LogP) is 3.10. The molecule has 1 aromatic heterocycles. The Kier molecular flexibility index (Phi) is 6.59. The summed E-state index contributed by atoms with van der Waals surface area (Å²) in [7, 11) is -3.44. The van der Waals surface area contributed by atoms with Crippen molar-refractivity contribution in [1.82, 2.24) is 10.9 Å². The maximum Gasteiger partial charge on any atom is 0.279 e. The van der Waals surface area contributed by atoms with E-state index in [-0.39, 0.29) is 17.2 Å². The van der Waals surface area contributed by atoms with E-state index < -0.39 is 15.9 Å². The van der Waals surface area contributed by atoms with E-state index in [4.69, 9.17) is 0 Å². The molecule has 1 unspecified atom stereocenters. The van der Waals surface area contributed by atoms with Crippen LogP contribution in [0.15, 0.2) is 30.3 Å². The fraction of sp³-hybridized carbons (Fsp3) is 0.400. The van der Waals surface area contributed by atoms with Gasteiger partial charge in [-0.3, -0.25) is 25.2 Å². The Morgan fingerprint density at radius 1 is 1.17 bits per heavy atom. The Bertz CT molecular complexity index is 1010. The molecule has 1 aliphatic rings. The summed E-state index contributed by atoms with van der Waals surface area (Å²) in [6.45, 7) is 3.98. The lowest BCUT2D eigenvalue weighted by atomic mass is 9.90. The fourth-order valence-electron chi connectivity index (χ4n) is 3.29. The SMILES string of the molecule is CCCS(=O)(=O)Nc1cccc(C(=O)NNC(=O)c2cc3c(s2)CCC(C)C3)c1. The summed E-state index contributed by atoms with van der Waals surface area (Å²) in [6, 6.07) is 8.03. The van der Waals surface area contributed by atoms with Gasteiger partial charge in [0.15, 0.2) is 0 Å². The summed E-state index contributed by atoms with van der Waals surface area (Å²) in [4.78, 5) is 26.6. The number of hydrogen-bond donors (Lipinski definition) is 3. The van der Waals surface area contributed by atoms with Gasteiger partial charge in [0.05, 0.1) is 10.6 Å². The van der Waals surface area contributed by atoms with Gasteiger partial charge < -0.3 is 0 Å². The quantitative estimate of drug-likeness (QED) is 0.607. The lowest BCUT2D eigenvalue weighted by Gasteiger charge is -2.16. The van der Waals surface area contributed by atoms with Gasteiger partial charge in [-0.05, 0) is 61.4 Å². The van der Waals surface area contributed by atoms with Crippen molar-refractivity contribution < 1.29 is 18.0 Å². The molecule has 1 atom stereocenters. The monoisotopic (exact) mass is 435 g/mol. The van der Waals surface area contributed by atoms with Crippen molar-refractivity contribution in [2.45, 2.75) is 39.5 Å². The summed E-state index contributed by atoms with van der Waals surface area (Å²) in [5.41, 5.74) is 6.59. The van der Waals surface area contributed by atoms with Crippen molar-refractivity contribution in [3.63, 3.8) is 0 Å². The van der Waals surface area contributed by atoms with E-state index in [1.807, 2.05) is 6.07 Å². The summed E-state index contributed by atoms with van der Waals surface area (Å²) >= 11 is 1.47. The molecule has 0 aliphatic heterocycles. The topological polar surface area (TPSA) is 104 Å². The molecule has 2 aromatic rings. The highest BCUT2D eigenvalue weighted by Gasteiger charge is 2.21.